The first-order valence-electron chi connectivity index (χ1n) is 8.04. The van der Waals surface area contributed by atoms with Crippen molar-refractivity contribution in [3.63, 3.8) is 0 Å². The van der Waals surface area contributed by atoms with Crippen molar-refractivity contribution < 1.29 is 4.79 Å². The average Bonchev–Trinajstić information content (AvgIpc) is 3.17. The topological polar surface area (TPSA) is 46.9 Å². The number of rotatable bonds is 4. The molecule has 5 heteroatoms. The van der Waals surface area contributed by atoms with Crippen molar-refractivity contribution in [2.45, 2.75) is 13.8 Å². The molecule has 2 aromatic heterocycles. The highest BCUT2D eigenvalue weighted by Crippen LogP contribution is 2.39. The highest BCUT2D eigenvalue weighted by Gasteiger charge is 2.20. The van der Waals surface area contributed by atoms with Crippen molar-refractivity contribution in [3.8, 4) is 5.69 Å². The van der Waals surface area contributed by atoms with E-state index in [1.54, 1.807) is 6.92 Å². The van der Waals surface area contributed by atoms with Gasteiger partial charge in [0.15, 0.2) is 5.78 Å². The van der Waals surface area contributed by atoms with Crippen molar-refractivity contribution in [1.29, 1.82) is 0 Å². The van der Waals surface area contributed by atoms with Gasteiger partial charge < -0.3 is 5.32 Å². The van der Waals surface area contributed by atoms with Crippen LogP contribution in [-0.2, 0) is 0 Å². The highest BCUT2D eigenvalue weighted by molar-refractivity contribution is 7.18. The van der Waals surface area contributed by atoms with E-state index >= 15 is 0 Å². The lowest BCUT2D eigenvalue weighted by Gasteiger charge is -2.10. The molecule has 0 aliphatic rings. The van der Waals surface area contributed by atoms with E-state index in [1.807, 2.05) is 67.8 Å². The van der Waals surface area contributed by atoms with Gasteiger partial charge in [0.05, 0.1) is 21.6 Å². The smallest absolute Gasteiger partial charge is 0.170 e. The minimum Gasteiger partial charge on any atom is -0.345 e. The van der Waals surface area contributed by atoms with E-state index in [1.165, 1.54) is 11.3 Å². The van der Waals surface area contributed by atoms with Gasteiger partial charge in [0.25, 0.3) is 0 Å². The molecule has 4 aromatic rings. The Labute approximate surface area is 149 Å². The SMILES string of the molecule is CC(=O)c1sc(Nc2ccccc2)c(-n2cnc3ccccc32)c1C. The minimum absolute atomic E-state index is 0.0780. The maximum Gasteiger partial charge on any atom is 0.170 e. The molecule has 0 saturated heterocycles. The third-order valence-corrected chi connectivity index (χ3v) is 5.46. The summed E-state index contributed by atoms with van der Waals surface area (Å²) in [7, 11) is 0. The van der Waals surface area contributed by atoms with Gasteiger partial charge in [0, 0.05) is 5.69 Å². The first-order chi connectivity index (χ1) is 12.1. The molecule has 1 N–H and O–H groups in total. The molecule has 0 radical (unpaired) electrons. The molecule has 0 fully saturated rings. The van der Waals surface area contributed by atoms with Crippen molar-refractivity contribution in [1.82, 2.24) is 9.55 Å². The van der Waals surface area contributed by atoms with Crippen LogP contribution in [0.3, 0.4) is 0 Å². The molecule has 0 unspecified atom stereocenters. The Kier molecular flexibility index (Phi) is 3.86. The maximum atomic E-state index is 12.1. The Bertz CT molecular complexity index is 1060. The lowest BCUT2D eigenvalue weighted by Crippen LogP contribution is -1.99. The summed E-state index contributed by atoms with van der Waals surface area (Å²) in [4.78, 5) is 17.3. The standard InChI is InChI=1S/C20H17N3OS/c1-13-18(23-12-21-16-10-6-7-11-17(16)23)20(25-19(13)14(2)24)22-15-8-4-3-5-9-15/h3-12,22H,1-2H3. The largest absolute Gasteiger partial charge is 0.345 e. The number of carbonyl (C=O) groups excluding carboxylic acids is 1. The number of imidazole rings is 1. The van der Waals surface area contributed by atoms with Crippen molar-refractivity contribution >= 4 is 38.8 Å². The van der Waals surface area contributed by atoms with Crippen molar-refractivity contribution in [3.05, 3.63) is 71.4 Å². The van der Waals surface area contributed by atoms with Gasteiger partial charge in [-0.1, -0.05) is 30.3 Å². The van der Waals surface area contributed by atoms with Gasteiger partial charge in [-0.25, -0.2) is 4.98 Å². The number of ketones is 1. The van der Waals surface area contributed by atoms with Crippen LogP contribution < -0.4 is 5.32 Å². The summed E-state index contributed by atoms with van der Waals surface area (Å²) in [5.74, 6) is 0.0780. The van der Waals surface area contributed by atoms with Gasteiger partial charge in [-0.15, -0.1) is 11.3 Å². The number of para-hydroxylation sites is 3. The fourth-order valence-corrected chi connectivity index (χ4v) is 4.12. The number of fused-ring (bicyclic) bond motifs is 1. The third kappa shape index (κ3) is 2.72. The molecule has 4 rings (SSSR count). The summed E-state index contributed by atoms with van der Waals surface area (Å²) in [5.41, 5.74) is 4.90. The molecule has 0 atom stereocenters. The molecule has 0 amide bonds. The van der Waals surface area contributed by atoms with Crippen LogP contribution >= 0.6 is 11.3 Å². The van der Waals surface area contributed by atoms with Gasteiger partial charge >= 0.3 is 0 Å². The van der Waals surface area contributed by atoms with Crippen LogP contribution in [0.4, 0.5) is 10.7 Å². The summed E-state index contributed by atoms with van der Waals surface area (Å²) >= 11 is 1.49. The fraction of sp³-hybridized carbons (Fsp3) is 0.100. The number of Topliss-reactive ketones (excluding diaryl/α,β-unsaturated/α-hetero) is 1. The molecule has 124 valence electrons. The summed E-state index contributed by atoms with van der Waals surface area (Å²) in [5, 5.41) is 4.40. The zero-order valence-corrected chi connectivity index (χ0v) is 14.8. The van der Waals surface area contributed by atoms with Gasteiger partial charge in [-0.05, 0) is 43.7 Å². The van der Waals surface area contributed by atoms with E-state index in [-0.39, 0.29) is 5.78 Å². The number of nitrogens with one attached hydrogen (secondary N) is 1. The molecule has 25 heavy (non-hydrogen) atoms. The van der Waals surface area contributed by atoms with Gasteiger partial charge in [0.1, 0.15) is 11.3 Å². The molecule has 0 aliphatic carbocycles. The lowest BCUT2D eigenvalue weighted by atomic mass is 10.2. The number of hydrogen-bond donors (Lipinski definition) is 1. The molecule has 0 spiro atoms. The van der Waals surface area contributed by atoms with Crippen molar-refractivity contribution in [2.75, 3.05) is 5.32 Å². The van der Waals surface area contributed by atoms with Crippen LogP contribution in [-0.4, -0.2) is 15.3 Å². The number of hydrogen-bond acceptors (Lipinski definition) is 4. The third-order valence-electron chi connectivity index (χ3n) is 4.16. The van der Waals surface area contributed by atoms with E-state index in [0.717, 1.165) is 37.8 Å². The van der Waals surface area contributed by atoms with Gasteiger partial charge in [-0.2, -0.15) is 0 Å². The van der Waals surface area contributed by atoms with E-state index in [2.05, 4.69) is 14.9 Å². The quantitative estimate of drug-likeness (QED) is 0.507. The minimum atomic E-state index is 0.0780. The second-order valence-corrected chi connectivity index (χ2v) is 6.91. The van der Waals surface area contributed by atoms with Crippen LogP contribution in [0, 0.1) is 6.92 Å². The molecular weight excluding hydrogens is 330 g/mol. The lowest BCUT2D eigenvalue weighted by molar-refractivity contribution is 0.102. The predicted molar refractivity (Wildman–Crippen MR) is 103 cm³/mol. The molecule has 0 aliphatic heterocycles. The average molecular weight is 347 g/mol. The fourth-order valence-electron chi connectivity index (χ4n) is 3.01. The summed E-state index contributed by atoms with van der Waals surface area (Å²) in [6, 6.07) is 18.0. The molecule has 2 aromatic carbocycles. The number of carbonyl (C=O) groups is 1. The summed E-state index contributed by atoms with van der Waals surface area (Å²) < 4.78 is 2.05. The van der Waals surface area contributed by atoms with E-state index < -0.39 is 0 Å². The number of aromatic nitrogens is 2. The highest BCUT2D eigenvalue weighted by atomic mass is 32.1. The molecular formula is C20H17N3OS. The molecule has 0 saturated carbocycles. The summed E-state index contributed by atoms with van der Waals surface area (Å²) in [6.07, 6.45) is 1.82. The zero-order chi connectivity index (χ0) is 17.4. The number of anilines is 2. The van der Waals surface area contributed by atoms with E-state index in [4.69, 9.17) is 0 Å². The second kappa shape index (κ2) is 6.18. The zero-order valence-electron chi connectivity index (χ0n) is 14.0. The van der Waals surface area contributed by atoms with Gasteiger partial charge in [-0.3, -0.25) is 9.36 Å². The molecule has 2 heterocycles. The summed E-state index contributed by atoms with van der Waals surface area (Å²) in [6.45, 7) is 3.61. The van der Waals surface area contributed by atoms with Crippen LogP contribution in [0.1, 0.15) is 22.2 Å². The molecule has 0 bridgehead atoms. The number of thiophene rings is 1. The van der Waals surface area contributed by atoms with Crippen LogP contribution in [0.25, 0.3) is 16.7 Å². The number of nitrogens with zero attached hydrogens (tertiary/aromatic N) is 2. The Morgan fingerprint density at radius 2 is 1.80 bits per heavy atom. The Morgan fingerprint density at radius 3 is 2.56 bits per heavy atom. The first kappa shape index (κ1) is 15.6. The van der Waals surface area contributed by atoms with Crippen LogP contribution in [0.5, 0.6) is 0 Å². The van der Waals surface area contributed by atoms with E-state index in [9.17, 15) is 4.79 Å². The van der Waals surface area contributed by atoms with Crippen LogP contribution in [0.15, 0.2) is 60.9 Å². The Morgan fingerprint density at radius 1 is 1.08 bits per heavy atom. The molecule has 4 nitrogen and oxygen atoms in total. The van der Waals surface area contributed by atoms with E-state index in [0.29, 0.717) is 0 Å². The van der Waals surface area contributed by atoms with Gasteiger partial charge in [0.2, 0.25) is 0 Å². The Balaban J connectivity index is 1.92. The maximum absolute atomic E-state index is 12.1. The van der Waals surface area contributed by atoms with Crippen molar-refractivity contribution in [2.24, 2.45) is 0 Å². The van der Waals surface area contributed by atoms with Crippen LogP contribution in [0.2, 0.25) is 0 Å². The normalized spacial score (nSPS) is 11.0. The number of benzene rings is 2. The predicted octanol–water partition coefficient (Wildman–Crippen LogP) is 5.34. The monoisotopic (exact) mass is 347 g/mol. The second-order valence-electron chi connectivity index (χ2n) is 5.88. The first-order valence-corrected chi connectivity index (χ1v) is 8.85. The Hall–Kier alpha value is -2.92.